The minimum atomic E-state index is -4.55. The Morgan fingerprint density at radius 1 is 1.18 bits per heavy atom. The highest BCUT2D eigenvalue weighted by Crippen LogP contribution is 2.49. The molecule has 1 heterocycles. The zero-order valence-corrected chi connectivity index (χ0v) is 20.1. The van der Waals surface area contributed by atoms with Crippen LogP contribution < -0.4 is 10.6 Å². The molecule has 0 saturated heterocycles. The topological polar surface area (TPSA) is 62.5 Å². The third-order valence-corrected chi connectivity index (χ3v) is 7.21. The summed E-state index contributed by atoms with van der Waals surface area (Å²) in [6.07, 6.45) is -0.179. The van der Waals surface area contributed by atoms with Gasteiger partial charge in [-0.25, -0.2) is 9.78 Å². The molecule has 9 heteroatoms. The fourth-order valence-corrected chi connectivity index (χ4v) is 5.04. The number of benzene rings is 1. The predicted molar refractivity (Wildman–Crippen MR) is 124 cm³/mol. The summed E-state index contributed by atoms with van der Waals surface area (Å²) in [7, 11) is 4.10. The van der Waals surface area contributed by atoms with Crippen molar-refractivity contribution < 1.29 is 18.0 Å². The van der Waals surface area contributed by atoms with Crippen molar-refractivity contribution >= 4 is 23.3 Å². The van der Waals surface area contributed by atoms with Crippen molar-refractivity contribution in [2.24, 2.45) is 11.1 Å². The molecule has 1 aromatic carbocycles. The molecule has 2 aromatic rings. The molecule has 3 rings (SSSR count). The Bertz CT molecular complexity index is 1020. The summed E-state index contributed by atoms with van der Waals surface area (Å²) >= 11 is 6.26. The van der Waals surface area contributed by atoms with Crippen LogP contribution in [0, 0.1) is 12.3 Å². The highest BCUT2D eigenvalue weighted by Gasteiger charge is 2.44. The molecule has 33 heavy (non-hydrogen) atoms. The summed E-state index contributed by atoms with van der Waals surface area (Å²) in [5.74, 6) is 0. The predicted octanol–water partition coefficient (Wildman–Crippen LogP) is 5.98. The van der Waals surface area contributed by atoms with Gasteiger partial charge < -0.3 is 5.73 Å². The van der Waals surface area contributed by atoms with Gasteiger partial charge >= 0.3 is 12.2 Å². The van der Waals surface area contributed by atoms with Crippen LogP contribution >= 0.6 is 11.6 Å². The molecule has 1 fully saturated rings. The van der Waals surface area contributed by atoms with Crippen molar-refractivity contribution in [3.8, 4) is 0 Å². The van der Waals surface area contributed by atoms with Gasteiger partial charge in [0.05, 0.1) is 11.9 Å². The van der Waals surface area contributed by atoms with Crippen LogP contribution in [-0.2, 0) is 11.7 Å². The van der Waals surface area contributed by atoms with E-state index in [2.05, 4.69) is 37.0 Å². The zero-order valence-electron chi connectivity index (χ0n) is 19.3. The quantitative estimate of drug-likeness (QED) is 0.569. The molecule has 1 saturated carbocycles. The number of hydrogen-bond donors (Lipinski definition) is 1. The fraction of sp³-hybridized carbons (Fsp3) is 0.500. The van der Waals surface area contributed by atoms with E-state index in [1.54, 1.807) is 0 Å². The molecule has 1 aromatic heterocycles. The zero-order chi connectivity index (χ0) is 24.6. The lowest BCUT2D eigenvalue weighted by molar-refractivity contribution is -0.141. The van der Waals surface area contributed by atoms with Gasteiger partial charge in [-0.15, -0.1) is 0 Å². The van der Waals surface area contributed by atoms with E-state index in [9.17, 15) is 18.0 Å². The number of pyridine rings is 1. The first kappa shape index (κ1) is 25.3. The first-order valence-corrected chi connectivity index (χ1v) is 11.2. The Morgan fingerprint density at radius 3 is 2.30 bits per heavy atom. The number of rotatable bonds is 5. The average molecular weight is 483 g/mol. The first-order chi connectivity index (χ1) is 15.3. The SMILES string of the molecule is Cc1cc(C(F)(F)F)ncc1N(CC1(C)CCC(c2cccc(Cl)c2)(N(C)C)CC1)C(N)=O. The second-order valence-electron chi connectivity index (χ2n) is 9.53. The van der Waals surface area contributed by atoms with Gasteiger partial charge in [0.1, 0.15) is 5.69 Å². The second-order valence-corrected chi connectivity index (χ2v) is 9.96. The Kier molecular flexibility index (Phi) is 7.01. The number of halogens is 4. The minimum Gasteiger partial charge on any atom is -0.351 e. The summed E-state index contributed by atoms with van der Waals surface area (Å²) in [6, 6.07) is 8.13. The van der Waals surface area contributed by atoms with Gasteiger partial charge in [-0.3, -0.25) is 9.80 Å². The van der Waals surface area contributed by atoms with E-state index < -0.39 is 17.9 Å². The van der Waals surface area contributed by atoms with E-state index >= 15 is 0 Å². The normalized spacial score (nSPS) is 23.5. The summed E-state index contributed by atoms with van der Waals surface area (Å²) in [5.41, 5.74) is 5.98. The molecule has 1 aliphatic carbocycles. The number of nitrogens with two attached hydrogens (primary N) is 1. The van der Waals surface area contributed by atoms with Crippen LogP contribution in [0.3, 0.4) is 0 Å². The number of aromatic nitrogens is 1. The van der Waals surface area contributed by atoms with Crippen LogP contribution in [0.1, 0.15) is 49.4 Å². The van der Waals surface area contributed by atoms with Crippen LogP contribution in [0.5, 0.6) is 0 Å². The minimum absolute atomic E-state index is 0.187. The molecule has 0 aliphatic heterocycles. The number of nitrogens with zero attached hydrogens (tertiary/aromatic N) is 3. The third kappa shape index (κ3) is 5.27. The molecular formula is C24H30ClF3N4O. The van der Waals surface area contributed by atoms with Crippen LogP contribution in [0.2, 0.25) is 5.02 Å². The van der Waals surface area contributed by atoms with Crippen molar-refractivity contribution in [3.63, 3.8) is 0 Å². The van der Waals surface area contributed by atoms with Crippen LogP contribution in [-0.4, -0.2) is 36.6 Å². The van der Waals surface area contributed by atoms with Crippen LogP contribution in [0.15, 0.2) is 36.5 Å². The molecule has 2 N–H and O–H groups in total. The molecule has 1 aliphatic rings. The smallest absolute Gasteiger partial charge is 0.351 e. The number of aryl methyl sites for hydroxylation is 1. The molecule has 0 unspecified atom stereocenters. The van der Waals surface area contributed by atoms with E-state index in [1.165, 1.54) is 11.8 Å². The third-order valence-electron chi connectivity index (χ3n) is 6.97. The highest BCUT2D eigenvalue weighted by molar-refractivity contribution is 6.30. The Morgan fingerprint density at radius 2 is 1.82 bits per heavy atom. The lowest BCUT2D eigenvalue weighted by Gasteiger charge is -2.50. The lowest BCUT2D eigenvalue weighted by atomic mass is 9.65. The van der Waals surface area contributed by atoms with Crippen LogP contribution in [0.4, 0.5) is 23.7 Å². The van der Waals surface area contributed by atoms with E-state index in [0.717, 1.165) is 43.5 Å². The maximum absolute atomic E-state index is 13.0. The Labute approximate surface area is 197 Å². The molecular weight excluding hydrogens is 453 g/mol. The van der Waals surface area contributed by atoms with Crippen molar-refractivity contribution in [1.82, 2.24) is 9.88 Å². The van der Waals surface area contributed by atoms with Gasteiger partial charge in [0, 0.05) is 17.1 Å². The number of carbonyl (C=O) groups excluding carboxylic acids is 1. The monoisotopic (exact) mass is 482 g/mol. The van der Waals surface area contributed by atoms with Gasteiger partial charge in [0.15, 0.2) is 0 Å². The van der Waals surface area contributed by atoms with Gasteiger partial charge in [-0.1, -0.05) is 30.7 Å². The molecule has 2 amide bonds. The number of urea groups is 1. The average Bonchev–Trinajstić information content (AvgIpc) is 2.72. The summed E-state index contributed by atoms with van der Waals surface area (Å²) in [5, 5.41) is 0.687. The lowest BCUT2D eigenvalue weighted by Crippen LogP contribution is -2.50. The first-order valence-electron chi connectivity index (χ1n) is 10.8. The van der Waals surface area contributed by atoms with Gasteiger partial charge in [-0.05, 0) is 81.4 Å². The largest absolute Gasteiger partial charge is 0.433 e. The van der Waals surface area contributed by atoms with E-state index in [-0.39, 0.29) is 11.0 Å². The van der Waals surface area contributed by atoms with E-state index in [0.29, 0.717) is 22.8 Å². The highest BCUT2D eigenvalue weighted by atomic mass is 35.5. The molecule has 5 nitrogen and oxygen atoms in total. The maximum atomic E-state index is 13.0. The maximum Gasteiger partial charge on any atom is 0.433 e. The Hall–Kier alpha value is -2.32. The number of amides is 2. The summed E-state index contributed by atoms with van der Waals surface area (Å²) in [4.78, 5) is 19.4. The van der Waals surface area contributed by atoms with Crippen molar-refractivity contribution in [1.29, 1.82) is 0 Å². The number of primary amides is 1. The molecule has 0 bridgehead atoms. The van der Waals surface area contributed by atoms with Gasteiger partial charge in [-0.2, -0.15) is 13.2 Å². The van der Waals surface area contributed by atoms with Crippen LogP contribution in [0.25, 0.3) is 0 Å². The summed E-state index contributed by atoms with van der Waals surface area (Å²) in [6.45, 7) is 3.92. The Balaban J connectivity index is 1.84. The molecule has 0 atom stereocenters. The van der Waals surface area contributed by atoms with Crippen molar-refractivity contribution in [3.05, 3.63) is 58.4 Å². The number of alkyl halides is 3. The number of hydrogen-bond acceptors (Lipinski definition) is 3. The summed E-state index contributed by atoms with van der Waals surface area (Å²) < 4.78 is 39.0. The second kappa shape index (κ2) is 9.14. The standard InChI is InChI=1S/C24H30ClF3N4O/c1-16-12-20(24(26,27)28)30-14-19(16)32(21(29)33)15-22(2)8-10-23(11-9-22,31(3)4)17-6-5-7-18(25)13-17/h5-7,12-14H,8-11,15H2,1-4H3,(H2,29,33). The number of carbonyl (C=O) groups is 1. The molecule has 0 spiro atoms. The van der Waals surface area contributed by atoms with Gasteiger partial charge in [0.25, 0.3) is 0 Å². The molecule has 180 valence electrons. The van der Waals surface area contributed by atoms with Crippen molar-refractivity contribution in [2.75, 3.05) is 25.5 Å². The fourth-order valence-electron chi connectivity index (χ4n) is 4.85. The number of anilines is 1. The van der Waals surface area contributed by atoms with Gasteiger partial charge in [0.2, 0.25) is 0 Å². The molecule has 0 radical (unpaired) electrons. The van der Waals surface area contributed by atoms with E-state index in [1.807, 2.05) is 18.2 Å². The van der Waals surface area contributed by atoms with E-state index in [4.69, 9.17) is 17.3 Å². The van der Waals surface area contributed by atoms with Crippen molar-refractivity contribution in [2.45, 2.75) is 51.2 Å².